The lowest BCUT2D eigenvalue weighted by molar-refractivity contribution is 0.589. The molecule has 0 aliphatic heterocycles. The van der Waals surface area contributed by atoms with Gasteiger partial charge in [-0.05, 0) is 149 Å². The van der Waals surface area contributed by atoms with Gasteiger partial charge in [0.1, 0.15) is 0 Å². The summed E-state index contributed by atoms with van der Waals surface area (Å²) in [6, 6.07) is 85.7. The van der Waals surface area contributed by atoms with E-state index < -0.39 is 0 Å². The van der Waals surface area contributed by atoms with Gasteiger partial charge in [-0.3, -0.25) is 0 Å². The van der Waals surface area contributed by atoms with Crippen LogP contribution in [0.5, 0.6) is 0 Å². The van der Waals surface area contributed by atoms with Crippen LogP contribution in [0, 0.1) is 0 Å². The molecule has 0 saturated carbocycles. The molecule has 0 N–H and O–H groups in total. The van der Waals surface area contributed by atoms with E-state index >= 15 is 0 Å². The molecular formula is C83H92. The van der Waals surface area contributed by atoms with Crippen molar-refractivity contribution in [3.63, 3.8) is 0 Å². The number of hydrogen-bond acceptors (Lipinski definition) is 0. The third-order valence-corrected chi connectivity index (χ3v) is 17.1. The van der Waals surface area contributed by atoms with E-state index in [0.717, 1.165) is 0 Å². The lowest BCUT2D eigenvalue weighted by atomic mass is 9.67. The fraction of sp³-hybridized carbons (Fsp3) is 0.301. The van der Waals surface area contributed by atoms with Crippen molar-refractivity contribution in [1.82, 2.24) is 0 Å². The second kappa shape index (κ2) is 22.9. The number of hydrogen-bond donors (Lipinski definition) is 0. The topological polar surface area (TPSA) is 0 Å². The zero-order valence-electron chi connectivity index (χ0n) is 53.4. The average Bonchev–Trinajstić information content (AvgIpc) is 3.45. The Morgan fingerprint density at radius 1 is 0.217 bits per heavy atom. The van der Waals surface area contributed by atoms with Crippen molar-refractivity contribution in [3.05, 3.63) is 286 Å². The highest BCUT2D eigenvalue weighted by atomic mass is 14.5. The highest BCUT2D eigenvalue weighted by Crippen LogP contribution is 2.57. The molecule has 1 aliphatic rings. The Kier molecular flexibility index (Phi) is 16.6. The summed E-state index contributed by atoms with van der Waals surface area (Å²) in [6.07, 6.45) is 0. The Hall–Kier alpha value is -7.54. The van der Waals surface area contributed by atoms with E-state index in [1.54, 1.807) is 0 Å². The second-order valence-corrected chi connectivity index (χ2v) is 29.5. The predicted molar refractivity (Wildman–Crippen MR) is 363 cm³/mol. The molecule has 0 saturated heterocycles. The lowest BCUT2D eigenvalue weighted by Gasteiger charge is -2.34. The molecule has 0 radical (unpaired) electrons. The largest absolute Gasteiger partial charge is 0.0713 e. The maximum Gasteiger partial charge on any atom is 0.0713 e. The predicted octanol–water partition coefficient (Wildman–Crippen LogP) is 23.4. The summed E-state index contributed by atoms with van der Waals surface area (Å²) in [5, 5.41) is 2.70. The molecule has 10 aromatic rings. The first-order valence-electron chi connectivity index (χ1n) is 30.3. The fourth-order valence-electron chi connectivity index (χ4n) is 12.0. The van der Waals surface area contributed by atoms with Crippen molar-refractivity contribution in [3.8, 4) is 44.5 Å². The van der Waals surface area contributed by atoms with Crippen LogP contribution < -0.4 is 0 Å². The van der Waals surface area contributed by atoms with Gasteiger partial charge in [0.25, 0.3) is 0 Å². The van der Waals surface area contributed by atoms with Gasteiger partial charge in [0, 0.05) is 0 Å². The molecule has 0 aromatic heterocycles. The van der Waals surface area contributed by atoms with Crippen LogP contribution in [0.2, 0.25) is 0 Å². The van der Waals surface area contributed by atoms with Crippen LogP contribution in [0.3, 0.4) is 0 Å². The zero-order chi connectivity index (χ0) is 59.9. The average molecular weight is 1090 g/mol. The van der Waals surface area contributed by atoms with Crippen LogP contribution in [0.1, 0.15) is 180 Å². The first-order chi connectivity index (χ1) is 39.0. The van der Waals surface area contributed by atoms with Gasteiger partial charge in [0.2, 0.25) is 0 Å². The first kappa shape index (κ1) is 60.1. The molecular weight excluding hydrogens is 997 g/mol. The molecule has 0 bridgehead atoms. The summed E-state index contributed by atoms with van der Waals surface area (Å²) >= 11 is 0. The highest BCUT2D eigenvalue weighted by Gasteiger charge is 2.46. The van der Waals surface area contributed by atoms with Crippen LogP contribution in [0.25, 0.3) is 55.3 Å². The third-order valence-electron chi connectivity index (χ3n) is 17.1. The number of benzene rings is 10. The molecule has 0 nitrogen and oxygen atoms in total. The van der Waals surface area contributed by atoms with E-state index in [2.05, 4.69) is 355 Å². The Labute approximate surface area is 501 Å². The van der Waals surface area contributed by atoms with Crippen LogP contribution in [-0.4, -0.2) is 0 Å². The van der Waals surface area contributed by atoms with E-state index in [9.17, 15) is 0 Å². The normalized spacial score (nSPS) is 13.3. The van der Waals surface area contributed by atoms with Crippen LogP contribution in [-0.2, 0) is 37.9 Å². The Morgan fingerprint density at radius 2 is 0.578 bits per heavy atom. The van der Waals surface area contributed by atoms with Crippen molar-refractivity contribution in [2.24, 2.45) is 0 Å². The Morgan fingerprint density at radius 3 is 1.02 bits per heavy atom. The Bertz CT molecular complexity index is 3740. The van der Waals surface area contributed by atoms with Crippen molar-refractivity contribution >= 4 is 10.8 Å². The molecule has 424 valence electrons. The molecule has 83 heavy (non-hydrogen) atoms. The van der Waals surface area contributed by atoms with Crippen LogP contribution >= 0.6 is 0 Å². The summed E-state index contributed by atoms with van der Waals surface area (Å²) < 4.78 is 0. The van der Waals surface area contributed by atoms with Gasteiger partial charge in [-0.15, -0.1) is 0 Å². The number of fused-ring (bicyclic) bond motifs is 4. The Balaban J connectivity index is 0.000000152. The molecule has 0 heterocycles. The van der Waals surface area contributed by atoms with Gasteiger partial charge in [-0.25, -0.2) is 0 Å². The summed E-state index contributed by atoms with van der Waals surface area (Å²) in [5.41, 5.74) is 24.7. The fourth-order valence-corrected chi connectivity index (χ4v) is 12.0. The maximum atomic E-state index is 2.45. The van der Waals surface area contributed by atoms with Crippen LogP contribution in [0.4, 0.5) is 0 Å². The van der Waals surface area contributed by atoms with E-state index in [1.807, 2.05) is 0 Å². The third kappa shape index (κ3) is 12.8. The van der Waals surface area contributed by atoms with E-state index in [4.69, 9.17) is 0 Å². The van der Waals surface area contributed by atoms with Gasteiger partial charge in [0.05, 0.1) is 5.41 Å². The zero-order valence-corrected chi connectivity index (χ0v) is 53.4. The lowest BCUT2D eigenvalue weighted by Crippen LogP contribution is -2.28. The molecule has 10 aromatic carbocycles. The molecule has 11 rings (SSSR count). The van der Waals surface area contributed by atoms with Gasteiger partial charge < -0.3 is 0 Å². The molecule has 1 aliphatic carbocycles. The quantitative estimate of drug-likeness (QED) is 0.161. The molecule has 0 spiro atoms. The minimum atomic E-state index is -0.319. The molecule has 0 unspecified atom stereocenters. The molecule has 0 amide bonds. The van der Waals surface area contributed by atoms with Crippen molar-refractivity contribution in [2.75, 3.05) is 0 Å². The molecule has 0 heteroatoms. The van der Waals surface area contributed by atoms with Gasteiger partial charge in [0.15, 0.2) is 0 Å². The van der Waals surface area contributed by atoms with E-state index in [1.165, 1.54) is 111 Å². The molecule has 0 fully saturated rings. The summed E-state index contributed by atoms with van der Waals surface area (Å²) in [7, 11) is 0. The summed E-state index contributed by atoms with van der Waals surface area (Å²) in [5.74, 6) is 0. The van der Waals surface area contributed by atoms with Gasteiger partial charge in [-0.1, -0.05) is 349 Å². The van der Waals surface area contributed by atoms with E-state index in [-0.39, 0.29) is 37.9 Å². The second-order valence-electron chi connectivity index (χ2n) is 29.5. The summed E-state index contributed by atoms with van der Waals surface area (Å²) in [4.78, 5) is 0. The standard InChI is InChI=1S/C33H34.C26H30.C24H28/c1-31(2,3)25-17-19-29-27(21-25)28-22-26(32(4,5)6)18-20-30(28)33(29,23-13-9-7-10-14-23)24-15-11-8-12-16-24;1-25(2,3)23-15-13-19(14-16-23)20-9-7-10-21(17-20)22-11-8-12-24(18-22)26(4,5)6;1-23(2,3)18-15-13-17(14-16-18)19-9-7-11-21-20(19)10-8-12-22(21)24(4,5)6/h7-22H,1-6H3;7-18H,1-6H3;7-16H,1-6H3. The summed E-state index contributed by atoms with van der Waals surface area (Å²) in [6.45, 7) is 41.0. The van der Waals surface area contributed by atoms with Gasteiger partial charge >= 0.3 is 0 Å². The number of rotatable bonds is 5. The maximum absolute atomic E-state index is 2.45. The van der Waals surface area contributed by atoms with Crippen LogP contribution in [0.15, 0.2) is 231 Å². The van der Waals surface area contributed by atoms with Crippen molar-refractivity contribution in [1.29, 1.82) is 0 Å². The minimum absolute atomic E-state index is 0.0988. The highest BCUT2D eigenvalue weighted by molar-refractivity contribution is 5.99. The molecule has 0 atom stereocenters. The van der Waals surface area contributed by atoms with Crippen molar-refractivity contribution < 1.29 is 0 Å². The van der Waals surface area contributed by atoms with Gasteiger partial charge in [-0.2, -0.15) is 0 Å². The SMILES string of the molecule is CC(C)(C)c1ccc(-c2cccc(-c3cccc(C(C)(C)C)c3)c2)cc1.CC(C)(C)c1ccc(-c2cccc3c(C(C)(C)C)cccc23)cc1.CC(C)(C)c1ccc2c(c1)-c1cc(C(C)(C)C)ccc1C2(c1ccccc1)c1ccccc1. The first-order valence-corrected chi connectivity index (χ1v) is 30.3. The minimum Gasteiger partial charge on any atom is -0.0622 e. The smallest absolute Gasteiger partial charge is 0.0622 e. The van der Waals surface area contributed by atoms with Crippen molar-refractivity contribution in [2.45, 2.75) is 163 Å². The monoisotopic (exact) mass is 1090 g/mol. The van der Waals surface area contributed by atoms with E-state index in [0.29, 0.717) is 0 Å².